The minimum Gasteiger partial charge on any atom is -0.307 e. The molecule has 1 amide bonds. The van der Waals surface area contributed by atoms with Gasteiger partial charge in [0.15, 0.2) is 0 Å². The summed E-state index contributed by atoms with van der Waals surface area (Å²) < 4.78 is 14.5. The molecule has 1 aromatic carbocycles. The van der Waals surface area contributed by atoms with E-state index in [2.05, 4.69) is 31.2 Å². The lowest BCUT2D eigenvalue weighted by Crippen LogP contribution is -2.14. The second-order valence-corrected chi connectivity index (χ2v) is 5.75. The number of hydrogen-bond acceptors (Lipinski definition) is 2. The third-order valence-corrected chi connectivity index (χ3v) is 3.00. The van der Waals surface area contributed by atoms with Crippen molar-refractivity contribution in [3.05, 3.63) is 47.4 Å². The summed E-state index contributed by atoms with van der Waals surface area (Å²) in [5.41, 5.74) is 1.22. The molecule has 1 heterocycles. The average molecular weight is 275 g/mol. The lowest BCUT2D eigenvalue weighted by molar-refractivity contribution is 0.102. The monoisotopic (exact) mass is 275 g/mol. The van der Waals surface area contributed by atoms with Crippen molar-refractivity contribution in [2.75, 3.05) is 5.32 Å². The fraction of sp³-hybridized carbons (Fsp3) is 0.333. The van der Waals surface area contributed by atoms with Gasteiger partial charge >= 0.3 is 0 Å². The van der Waals surface area contributed by atoms with E-state index in [9.17, 15) is 9.18 Å². The van der Waals surface area contributed by atoms with Crippen molar-refractivity contribution in [1.82, 2.24) is 9.78 Å². The van der Waals surface area contributed by atoms with Crippen LogP contribution in [0.5, 0.6) is 0 Å². The Morgan fingerprint density at radius 3 is 2.35 bits per heavy atom. The number of aryl methyl sites for hydroxylation is 1. The second-order valence-electron chi connectivity index (χ2n) is 5.75. The lowest BCUT2D eigenvalue weighted by atomic mass is 9.92. The van der Waals surface area contributed by atoms with Gasteiger partial charge in [0.25, 0.3) is 5.91 Å². The van der Waals surface area contributed by atoms with Crippen LogP contribution in [0.25, 0.3) is 0 Å². The van der Waals surface area contributed by atoms with Crippen LogP contribution in [0.4, 0.5) is 10.2 Å². The van der Waals surface area contributed by atoms with Gasteiger partial charge in [0.1, 0.15) is 11.6 Å². The van der Waals surface area contributed by atoms with Crippen LogP contribution < -0.4 is 5.32 Å². The number of amides is 1. The molecule has 0 atom stereocenters. The quantitative estimate of drug-likeness (QED) is 0.915. The van der Waals surface area contributed by atoms with Crippen molar-refractivity contribution >= 4 is 11.7 Å². The van der Waals surface area contributed by atoms with Crippen molar-refractivity contribution in [3.63, 3.8) is 0 Å². The fourth-order valence-electron chi connectivity index (χ4n) is 1.74. The number of nitrogens with one attached hydrogen (secondary N) is 1. The molecular weight excluding hydrogens is 257 g/mol. The number of benzene rings is 1. The second kappa shape index (κ2) is 5.07. The summed E-state index contributed by atoms with van der Waals surface area (Å²) in [6.07, 6.45) is 0. The Labute approximate surface area is 117 Å². The average Bonchev–Trinajstić information content (AvgIpc) is 2.71. The molecule has 4 nitrogen and oxygen atoms in total. The Morgan fingerprint density at radius 2 is 1.85 bits per heavy atom. The molecule has 0 aliphatic rings. The first kappa shape index (κ1) is 14.2. The van der Waals surface area contributed by atoms with Crippen LogP contribution in [0.15, 0.2) is 30.3 Å². The van der Waals surface area contributed by atoms with Gasteiger partial charge in [0.2, 0.25) is 0 Å². The van der Waals surface area contributed by atoms with Gasteiger partial charge in [-0.2, -0.15) is 5.10 Å². The van der Waals surface area contributed by atoms with Gasteiger partial charge in [-0.3, -0.25) is 9.48 Å². The largest absolute Gasteiger partial charge is 0.307 e. The lowest BCUT2D eigenvalue weighted by Gasteiger charge is -2.13. The number of rotatable bonds is 2. The SMILES string of the molecule is Cn1nc(C(C)(C)C)cc1NC(=O)c1ccc(F)cc1. The molecule has 20 heavy (non-hydrogen) atoms. The van der Waals surface area contributed by atoms with Gasteiger partial charge in [-0.1, -0.05) is 20.8 Å². The molecule has 2 aromatic rings. The van der Waals surface area contributed by atoms with Crippen LogP contribution in [0.2, 0.25) is 0 Å². The predicted octanol–water partition coefficient (Wildman–Crippen LogP) is 3.11. The molecule has 1 aromatic heterocycles. The van der Waals surface area contributed by atoms with E-state index in [0.29, 0.717) is 11.4 Å². The Kier molecular flexibility index (Phi) is 3.61. The summed E-state index contributed by atoms with van der Waals surface area (Å²) in [5, 5.41) is 7.16. The topological polar surface area (TPSA) is 46.9 Å². The first-order valence-electron chi connectivity index (χ1n) is 6.39. The maximum atomic E-state index is 12.8. The van der Waals surface area contributed by atoms with E-state index in [1.807, 2.05) is 6.07 Å². The summed E-state index contributed by atoms with van der Waals surface area (Å²) in [6, 6.07) is 7.27. The first-order chi connectivity index (χ1) is 9.27. The molecule has 0 saturated heterocycles. The molecule has 0 aliphatic heterocycles. The number of anilines is 1. The van der Waals surface area contributed by atoms with Gasteiger partial charge in [0, 0.05) is 24.1 Å². The number of halogens is 1. The zero-order valence-corrected chi connectivity index (χ0v) is 12.1. The smallest absolute Gasteiger partial charge is 0.256 e. The summed E-state index contributed by atoms with van der Waals surface area (Å²) in [6.45, 7) is 6.17. The van der Waals surface area contributed by atoms with Crippen molar-refractivity contribution in [3.8, 4) is 0 Å². The molecular formula is C15H18FN3O. The zero-order chi connectivity index (χ0) is 14.9. The number of carbonyl (C=O) groups excluding carboxylic acids is 1. The minimum absolute atomic E-state index is 0.0867. The van der Waals surface area contributed by atoms with Crippen molar-refractivity contribution < 1.29 is 9.18 Å². The molecule has 0 radical (unpaired) electrons. The van der Waals surface area contributed by atoms with Gasteiger partial charge in [-0.05, 0) is 24.3 Å². The molecule has 0 saturated carbocycles. The third-order valence-electron chi connectivity index (χ3n) is 3.00. The fourth-order valence-corrected chi connectivity index (χ4v) is 1.74. The highest BCUT2D eigenvalue weighted by atomic mass is 19.1. The first-order valence-corrected chi connectivity index (χ1v) is 6.39. The van der Waals surface area contributed by atoms with Crippen LogP contribution in [0, 0.1) is 5.82 Å². The van der Waals surface area contributed by atoms with Crippen LogP contribution in [-0.4, -0.2) is 15.7 Å². The number of hydrogen-bond donors (Lipinski definition) is 1. The molecule has 0 bridgehead atoms. The summed E-state index contributed by atoms with van der Waals surface area (Å²) >= 11 is 0. The Balaban J connectivity index is 2.20. The van der Waals surface area contributed by atoms with Crippen LogP contribution in [0.3, 0.4) is 0 Å². The maximum Gasteiger partial charge on any atom is 0.256 e. The zero-order valence-electron chi connectivity index (χ0n) is 12.1. The Morgan fingerprint density at radius 1 is 1.25 bits per heavy atom. The van der Waals surface area contributed by atoms with Crippen LogP contribution >= 0.6 is 0 Å². The molecule has 0 aliphatic carbocycles. The van der Waals surface area contributed by atoms with Crippen molar-refractivity contribution in [1.29, 1.82) is 0 Å². The van der Waals surface area contributed by atoms with E-state index in [4.69, 9.17) is 0 Å². The normalized spacial score (nSPS) is 11.4. The van der Waals surface area contributed by atoms with Gasteiger partial charge in [-0.15, -0.1) is 0 Å². The van der Waals surface area contributed by atoms with Crippen molar-refractivity contribution in [2.45, 2.75) is 26.2 Å². The Bertz CT molecular complexity index is 624. The third kappa shape index (κ3) is 3.04. The molecule has 0 spiro atoms. The highest BCUT2D eigenvalue weighted by Gasteiger charge is 2.19. The van der Waals surface area contributed by atoms with E-state index < -0.39 is 0 Å². The molecule has 0 unspecified atom stereocenters. The number of carbonyl (C=O) groups is 1. The maximum absolute atomic E-state index is 12.8. The van der Waals surface area contributed by atoms with Gasteiger partial charge in [0.05, 0.1) is 5.69 Å². The predicted molar refractivity (Wildman–Crippen MR) is 76.3 cm³/mol. The number of aromatic nitrogens is 2. The van der Waals surface area contributed by atoms with E-state index in [1.165, 1.54) is 24.3 Å². The highest BCUT2D eigenvalue weighted by molar-refractivity contribution is 6.03. The summed E-state index contributed by atoms with van der Waals surface area (Å²) in [5.74, 6) is -0.0326. The van der Waals surface area contributed by atoms with Crippen LogP contribution in [-0.2, 0) is 12.5 Å². The molecule has 5 heteroatoms. The highest BCUT2D eigenvalue weighted by Crippen LogP contribution is 2.23. The van der Waals surface area contributed by atoms with E-state index in [0.717, 1.165) is 5.69 Å². The number of nitrogens with zero attached hydrogens (tertiary/aromatic N) is 2. The molecule has 2 rings (SSSR count). The molecule has 0 fully saturated rings. The van der Waals surface area contributed by atoms with Gasteiger partial charge < -0.3 is 5.32 Å². The van der Waals surface area contributed by atoms with E-state index in [-0.39, 0.29) is 17.1 Å². The van der Waals surface area contributed by atoms with Crippen molar-refractivity contribution in [2.24, 2.45) is 7.05 Å². The van der Waals surface area contributed by atoms with E-state index in [1.54, 1.807) is 11.7 Å². The minimum atomic E-state index is -0.364. The molecule has 1 N–H and O–H groups in total. The van der Waals surface area contributed by atoms with Gasteiger partial charge in [-0.25, -0.2) is 4.39 Å². The summed E-state index contributed by atoms with van der Waals surface area (Å²) in [7, 11) is 1.77. The van der Waals surface area contributed by atoms with Crippen LogP contribution in [0.1, 0.15) is 36.8 Å². The Hall–Kier alpha value is -2.17. The molecule has 106 valence electrons. The van der Waals surface area contributed by atoms with E-state index >= 15 is 0 Å². The summed E-state index contributed by atoms with van der Waals surface area (Å²) in [4.78, 5) is 12.1. The standard InChI is InChI=1S/C15H18FN3O/c1-15(2,3)12-9-13(19(4)18-12)17-14(20)10-5-7-11(16)8-6-10/h5-9H,1-4H3,(H,17,20).